The first-order chi connectivity index (χ1) is 4.00. The fourth-order valence-electron chi connectivity index (χ4n) is 0. The van der Waals surface area contributed by atoms with Crippen molar-refractivity contribution < 1.29 is 13.0 Å². The van der Waals surface area contributed by atoms with Crippen molar-refractivity contribution in [1.29, 1.82) is 0 Å². The first kappa shape index (κ1) is 13.1. The molecule has 0 unspecified atom stereocenters. The molecular weight excluding hydrogens is 269 g/mol. The van der Waals surface area contributed by atoms with E-state index in [9.17, 15) is 0 Å². The van der Waals surface area contributed by atoms with Crippen molar-refractivity contribution >= 4 is 29.1 Å². The molecule has 0 aromatic carbocycles. The van der Waals surface area contributed by atoms with E-state index in [4.69, 9.17) is 29.1 Å². The maximum atomic E-state index is 4.94. The number of hydrogen-bond acceptors (Lipinski definition) is 0. The third-order valence-corrected chi connectivity index (χ3v) is 0.816. The van der Waals surface area contributed by atoms with Crippen LogP contribution in [0, 0.1) is 5.92 Å². The van der Waals surface area contributed by atoms with Gasteiger partial charge in [-0.3, -0.25) is 0 Å². The second-order valence-electron chi connectivity index (χ2n) is 1.94. The van der Waals surface area contributed by atoms with Crippen molar-refractivity contribution in [3.05, 3.63) is 0 Å². The fourth-order valence-corrected chi connectivity index (χ4v) is 0. The Hall–Kier alpha value is 1.49. The Bertz CT molecular complexity index is 44.7. The fraction of sp³-hybridized carbons (Fsp3) is 1.00. The molecule has 0 rings (SSSR count). The average Bonchev–Trinajstić information content (AvgIpc) is 1.65. The Morgan fingerprint density at radius 1 is 1.22 bits per heavy atom. The first-order valence-electron chi connectivity index (χ1n) is 2.65. The van der Waals surface area contributed by atoms with Crippen LogP contribution < -0.4 is 0 Å². The SMILES string of the molecule is CCC(C)C.[Cl][Rh]([Cl])[Cl]. The molecule has 0 amide bonds. The van der Waals surface area contributed by atoms with Gasteiger partial charge in [-0.2, -0.15) is 0 Å². The van der Waals surface area contributed by atoms with Crippen LogP contribution in [0.25, 0.3) is 0 Å². The van der Waals surface area contributed by atoms with Gasteiger partial charge in [-0.25, -0.2) is 0 Å². The van der Waals surface area contributed by atoms with E-state index in [2.05, 4.69) is 20.8 Å². The van der Waals surface area contributed by atoms with E-state index in [-0.39, 0.29) is 0 Å². The molecule has 0 spiro atoms. The van der Waals surface area contributed by atoms with Crippen LogP contribution in [-0.4, -0.2) is 0 Å². The topological polar surface area (TPSA) is 0 Å². The molecule has 0 aromatic heterocycles. The van der Waals surface area contributed by atoms with Crippen molar-refractivity contribution in [1.82, 2.24) is 0 Å². The van der Waals surface area contributed by atoms with Crippen LogP contribution in [-0.2, 0) is 13.0 Å². The molecule has 62 valence electrons. The zero-order valence-electron chi connectivity index (χ0n) is 5.75. The minimum absolute atomic E-state index is 0.884. The molecule has 0 fully saturated rings. The Balaban J connectivity index is 0. The summed E-state index contributed by atoms with van der Waals surface area (Å²) in [6.07, 6.45) is 1.31. The second kappa shape index (κ2) is 9.49. The second-order valence-corrected chi connectivity index (χ2v) is 9.41. The summed E-state index contributed by atoms with van der Waals surface area (Å²) in [5.41, 5.74) is 0. The Labute approximate surface area is 74.9 Å². The third kappa shape index (κ3) is 43.7. The van der Waals surface area contributed by atoms with E-state index in [1.807, 2.05) is 0 Å². The van der Waals surface area contributed by atoms with Gasteiger partial charge in [0.2, 0.25) is 0 Å². The molecule has 0 bridgehead atoms. The van der Waals surface area contributed by atoms with Crippen molar-refractivity contribution in [3.8, 4) is 0 Å². The molecule has 0 nitrogen and oxygen atoms in total. The van der Waals surface area contributed by atoms with Gasteiger partial charge >= 0.3 is 42.1 Å². The van der Waals surface area contributed by atoms with E-state index in [0.717, 1.165) is 5.92 Å². The molecule has 0 saturated heterocycles. The maximum absolute atomic E-state index is 4.94. The summed E-state index contributed by atoms with van der Waals surface area (Å²) in [6.45, 7) is 6.64. The molecule has 9 heavy (non-hydrogen) atoms. The molecule has 0 aliphatic carbocycles. The third-order valence-electron chi connectivity index (χ3n) is 0.816. The van der Waals surface area contributed by atoms with Crippen LogP contribution in [0.3, 0.4) is 0 Å². The van der Waals surface area contributed by atoms with Crippen LogP contribution in [0.1, 0.15) is 27.2 Å². The summed E-state index contributed by atoms with van der Waals surface area (Å²) in [4.78, 5) is 0. The molecule has 0 heterocycles. The summed E-state index contributed by atoms with van der Waals surface area (Å²) in [7, 11) is 14.8. The van der Waals surface area contributed by atoms with E-state index >= 15 is 0 Å². The van der Waals surface area contributed by atoms with E-state index in [1.54, 1.807) is 0 Å². The Morgan fingerprint density at radius 3 is 1.33 bits per heavy atom. The molecular formula is C5H12Cl3Rh. The molecule has 0 aromatic rings. The number of halogens is 3. The number of hydrogen-bond donors (Lipinski definition) is 0. The summed E-state index contributed by atoms with van der Waals surface area (Å²) in [5, 5.41) is 0. The van der Waals surface area contributed by atoms with Crippen molar-refractivity contribution in [2.75, 3.05) is 0 Å². The van der Waals surface area contributed by atoms with Crippen LogP contribution >= 0.6 is 29.1 Å². The van der Waals surface area contributed by atoms with Gasteiger partial charge in [-0.1, -0.05) is 27.2 Å². The summed E-state index contributed by atoms with van der Waals surface area (Å²) in [5.74, 6) is 0.884. The molecule has 0 aliphatic rings. The monoisotopic (exact) mass is 280 g/mol. The van der Waals surface area contributed by atoms with E-state index in [1.165, 1.54) is 6.42 Å². The van der Waals surface area contributed by atoms with Crippen LogP contribution in [0.15, 0.2) is 0 Å². The Morgan fingerprint density at radius 2 is 1.33 bits per heavy atom. The quantitative estimate of drug-likeness (QED) is 0.634. The molecule has 0 atom stereocenters. The van der Waals surface area contributed by atoms with Gasteiger partial charge in [0.05, 0.1) is 0 Å². The van der Waals surface area contributed by atoms with Crippen molar-refractivity contribution in [3.63, 3.8) is 0 Å². The van der Waals surface area contributed by atoms with Crippen molar-refractivity contribution in [2.24, 2.45) is 5.92 Å². The summed E-state index contributed by atoms with van der Waals surface area (Å²) >= 11 is -1.66. The minimum atomic E-state index is -1.66. The van der Waals surface area contributed by atoms with Gasteiger partial charge in [0.15, 0.2) is 0 Å². The summed E-state index contributed by atoms with van der Waals surface area (Å²) in [6, 6.07) is 0. The molecule has 0 saturated carbocycles. The van der Waals surface area contributed by atoms with E-state index in [0.29, 0.717) is 0 Å². The van der Waals surface area contributed by atoms with Gasteiger partial charge in [0.25, 0.3) is 0 Å². The van der Waals surface area contributed by atoms with Gasteiger partial charge < -0.3 is 0 Å². The standard InChI is InChI=1S/C5H12.3ClH.Rh/c1-4-5(2)3;;;;/h5H,4H2,1-3H3;3*1H;/q;;;;+3/p-3. The molecule has 4 heteroatoms. The Kier molecular flexibility index (Phi) is 13.8. The predicted molar refractivity (Wildman–Crippen MR) is 42.7 cm³/mol. The zero-order chi connectivity index (χ0) is 7.86. The van der Waals surface area contributed by atoms with E-state index < -0.39 is 13.0 Å². The first-order valence-corrected chi connectivity index (χ1v) is 8.98. The normalized spacial score (nSPS) is 10.3. The van der Waals surface area contributed by atoms with Gasteiger partial charge in [-0.15, -0.1) is 0 Å². The van der Waals surface area contributed by atoms with Gasteiger partial charge in [0.1, 0.15) is 0 Å². The van der Waals surface area contributed by atoms with Crippen molar-refractivity contribution in [2.45, 2.75) is 27.2 Å². The molecule has 0 radical (unpaired) electrons. The van der Waals surface area contributed by atoms with Crippen LogP contribution in [0.5, 0.6) is 0 Å². The molecule has 0 N–H and O–H groups in total. The zero-order valence-corrected chi connectivity index (χ0v) is 9.66. The molecule has 0 aliphatic heterocycles. The number of rotatable bonds is 1. The van der Waals surface area contributed by atoms with Gasteiger partial charge in [-0.05, 0) is 5.92 Å². The van der Waals surface area contributed by atoms with Crippen LogP contribution in [0.2, 0.25) is 0 Å². The van der Waals surface area contributed by atoms with Crippen LogP contribution in [0.4, 0.5) is 0 Å². The summed E-state index contributed by atoms with van der Waals surface area (Å²) < 4.78 is 0. The predicted octanol–water partition coefficient (Wildman–Crippen LogP) is 4.12. The van der Waals surface area contributed by atoms with Gasteiger partial charge in [0, 0.05) is 0 Å². The average molecular weight is 281 g/mol.